The molecule has 1 aromatic rings. The van der Waals surface area contributed by atoms with Crippen LogP contribution in [0.4, 0.5) is 4.39 Å². The zero-order valence-corrected chi connectivity index (χ0v) is 8.09. The van der Waals surface area contributed by atoms with Gasteiger partial charge in [-0.3, -0.25) is 4.39 Å². The molecule has 0 spiro atoms. The third-order valence-corrected chi connectivity index (χ3v) is 2.07. The van der Waals surface area contributed by atoms with Crippen molar-refractivity contribution in [2.75, 3.05) is 6.67 Å². The maximum absolute atomic E-state index is 11.9. The lowest BCUT2D eigenvalue weighted by atomic mass is 10.1. The number of hydrogen-bond acceptors (Lipinski definition) is 2. The molecule has 1 heterocycles. The van der Waals surface area contributed by atoms with Gasteiger partial charge in [-0.2, -0.15) is 0 Å². The second kappa shape index (κ2) is 4.52. The molecule has 66 valence electrons. The van der Waals surface area contributed by atoms with Crippen LogP contribution >= 0.6 is 15.9 Å². The maximum Gasteiger partial charge on any atom is 0.106 e. The van der Waals surface area contributed by atoms with Gasteiger partial charge in [-0.1, -0.05) is 6.07 Å². The first kappa shape index (κ1) is 9.61. The Hall–Kier alpha value is -0.480. The van der Waals surface area contributed by atoms with Gasteiger partial charge < -0.3 is 5.73 Å². The molecule has 4 heteroatoms. The van der Waals surface area contributed by atoms with Crippen LogP contribution in [0.25, 0.3) is 0 Å². The number of nitrogens with two attached hydrogens (primary N) is 1. The van der Waals surface area contributed by atoms with E-state index >= 15 is 0 Å². The predicted octanol–water partition coefficient (Wildman–Crippen LogP) is 2.20. The van der Waals surface area contributed by atoms with Crippen molar-refractivity contribution in [1.29, 1.82) is 0 Å². The van der Waals surface area contributed by atoms with Gasteiger partial charge in [0, 0.05) is 12.2 Å². The predicted molar refractivity (Wildman–Crippen MR) is 49.5 cm³/mol. The molecule has 0 fully saturated rings. The van der Waals surface area contributed by atoms with E-state index in [2.05, 4.69) is 20.9 Å². The molecule has 0 aliphatic carbocycles. The molecular formula is C8H10BrFN2. The Bertz CT molecular complexity index is 237. The van der Waals surface area contributed by atoms with Crippen LogP contribution in [0.5, 0.6) is 0 Å². The number of rotatable bonds is 3. The Labute approximate surface area is 79.1 Å². The van der Waals surface area contributed by atoms with E-state index in [0.29, 0.717) is 6.42 Å². The van der Waals surface area contributed by atoms with Gasteiger partial charge in [-0.15, -0.1) is 0 Å². The van der Waals surface area contributed by atoms with Gasteiger partial charge >= 0.3 is 0 Å². The highest BCUT2D eigenvalue weighted by molar-refractivity contribution is 9.10. The minimum atomic E-state index is -0.392. The van der Waals surface area contributed by atoms with E-state index in [-0.39, 0.29) is 6.04 Å². The lowest BCUT2D eigenvalue weighted by Gasteiger charge is -2.08. The fourth-order valence-electron chi connectivity index (χ4n) is 0.891. The van der Waals surface area contributed by atoms with E-state index in [4.69, 9.17) is 5.73 Å². The quantitative estimate of drug-likeness (QED) is 0.813. The van der Waals surface area contributed by atoms with Gasteiger partial charge in [0.15, 0.2) is 0 Å². The van der Waals surface area contributed by atoms with Crippen molar-refractivity contribution in [2.45, 2.75) is 12.5 Å². The van der Waals surface area contributed by atoms with E-state index in [1.807, 2.05) is 6.07 Å². The van der Waals surface area contributed by atoms with Crippen LogP contribution in [-0.4, -0.2) is 11.7 Å². The number of nitrogens with zero attached hydrogens (tertiary/aromatic N) is 1. The second-order valence-electron chi connectivity index (χ2n) is 2.50. The van der Waals surface area contributed by atoms with E-state index in [1.54, 1.807) is 12.3 Å². The number of aromatic nitrogens is 1. The van der Waals surface area contributed by atoms with Crippen molar-refractivity contribution in [3.05, 3.63) is 28.5 Å². The molecule has 0 bridgehead atoms. The SMILES string of the molecule is N[C@H](CCF)c1ccc(Br)nc1. The van der Waals surface area contributed by atoms with E-state index < -0.39 is 6.67 Å². The zero-order chi connectivity index (χ0) is 8.97. The Kier molecular flexibility index (Phi) is 3.62. The summed E-state index contributed by atoms with van der Waals surface area (Å²) in [7, 11) is 0. The highest BCUT2D eigenvalue weighted by atomic mass is 79.9. The molecule has 1 atom stereocenters. The molecule has 1 rings (SSSR count). The van der Waals surface area contributed by atoms with Crippen molar-refractivity contribution in [1.82, 2.24) is 4.98 Å². The number of alkyl halides is 1. The summed E-state index contributed by atoms with van der Waals surface area (Å²) in [5.41, 5.74) is 6.53. The minimum Gasteiger partial charge on any atom is -0.324 e. The maximum atomic E-state index is 11.9. The first-order valence-electron chi connectivity index (χ1n) is 3.67. The molecule has 0 unspecified atom stereocenters. The Balaban J connectivity index is 2.68. The van der Waals surface area contributed by atoms with Crippen molar-refractivity contribution >= 4 is 15.9 Å². The summed E-state index contributed by atoms with van der Waals surface area (Å²) in [5, 5.41) is 0. The topological polar surface area (TPSA) is 38.9 Å². The van der Waals surface area contributed by atoms with Crippen molar-refractivity contribution < 1.29 is 4.39 Å². The third kappa shape index (κ3) is 2.53. The highest BCUT2D eigenvalue weighted by Crippen LogP contribution is 2.14. The molecule has 0 radical (unpaired) electrons. The molecular weight excluding hydrogens is 223 g/mol. The lowest BCUT2D eigenvalue weighted by Crippen LogP contribution is -2.10. The van der Waals surface area contributed by atoms with Crippen molar-refractivity contribution in [3.8, 4) is 0 Å². The standard InChI is InChI=1S/C8H10BrFN2/c9-8-2-1-6(5-12-8)7(11)3-4-10/h1-2,5,7H,3-4,11H2/t7-/m1/s1. The van der Waals surface area contributed by atoms with Gasteiger partial charge in [0.1, 0.15) is 4.60 Å². The summed E-state index contributed by atoms with van der Waals surface area (Å²) in [6, 6.07) is 3.40. The van der Waals surface area contributed by atoms with Crippen LogP contribution in [0.1, 0.15) is 18.0 Å². The fourth-order valence-corrected chi connectivity index (χ4v) is 1.13. The molecule has 0 saturated carbocycles. The molecule has 0 aliphatic heterocycles. The van der Waals surface area contributed by atoms with E-state index in [1.165, 1.54) is 0 Å². The van der Waals surface area contributed by atoms with Gasteiger partial charge in [-0.05, 0) is 34.0 Å². The molecule has 2 N–H and O–H groups in total. The van der Waals surface area contributed by atoms with Crippen LogP contribution in [0.3, 0.4) is 0 Å². The largest absolute Gasteiger partial charge is 0.324 e. The van der Waals surface area contributed by atoms with Gasteiger partial charge in [-0.25, -0.2) is 4.98 Å². The molecule has 0 aliphatic rings. The van der Waals surface area contributed by atoms with Gasteiger partial charge in [0.2, 0.25) is 0 Å². The molecule has 12 heavy (non-hydrogen) atoms. The Morgan fingerprint density at radius 2 is 2.33 bits per heavy atom. The summed E-state index contributed by atoms with van der Waals surface area (Å²) in [5.74, 6) is 0. The van der Waals surface area contributed by atoms with Crippen molar-refractivity contribution in [2.24, 2.45) is 5.73 Å². The van der Waals surface area contributed by atoms with E-state index in [0.717, 1.165) is 10.2 Å². The Morgan fingerprint density at radius 1 is 1.58 bits per heavy atom. The van der Waals surface area contributed by atoms with Crippen LogP contribution in [-0.2, 0) is 0 Å². The number of halogens is 2. The zero-order valence-electron chi connectivity index (χ0n) is 6.50. The molecule has 2 nitrogen and oxygen atoms in total. The molecule has 0 amide bonds. The molecule has 0 saturated heterocycles. The highest BCUT2D eigenvalue weighted by Gasteiger charge is 2.04. The Morgan fingerprint density at radius 3 is 2.83 bits per heavy atom. The normalized spacial score (nSPS) is 12.9. The van der Waals surface area contributed by atoms with Gasteiger partial charge in [0.05, 0.1) is 6.67 Å². The molecule has 1 aromatic heterocycles. The second-order valence-corrected chi connectivity index (χ2v) is 3.31. The van der Waals surface area contributed by atoms with Crippen LogP contribution in [0.15, 0.2) is 22.9 Å². The summed E-state index contributed by atoms with van der Waals surface area (Å²) in [6.45, 7) is -0.392. The van der Waals surface area contributed by atoms with E-state index in [9.17, 15) is 4.39 Å². The monoisotopic (exact) mass is 232 g/mol. The summed E-state index contributed by atoms with van der Waals surface area (Å²) >= 11 is 3.21. The van der Waals surface area contributed by atoms with Gasteiger partial charge in [0.25, 0.3) is 0 Å². The number of pyridine rings is 1. The van der Waals surface area contributed by atoms with Crippen LogP contribution < -0.4 is 5.73 Å². The third-order valence-electron chi connectivity index (χ3n) is 1.60. The first-order valence-corrected chi connectivity index (χ1v) is 4.46. The molecule has 0 aromatic carbocycles. The lowest BCUT2D eigenvalue weighted by molar-refractivity contribution is 0.441. The van der Waals surface area contributed by atoms with Crippen molar-refractivity contribution in [3.63, 3.8) is 0 Å². The van der Waals surface area contributed by atoms with Crippen LogP contribution in [0, 0.1) is 0 Å². The average Bonchev–Trinajstić information content (AvgIpc) is 2.06. The summed E-state index contributed by atoms with van der Waals surface area (Å²) in [4.78, 5) is 4.00. The minimum absolute atomic E-state index is 0.240. The smallest absolute Gasteiger partial charge is 0.106 e. The van der Waals surface area contributed by atoms with Crippen LogP contribution in [0.2, 0.25) is 0 Å². The fraction of sp³-hybridized carbons (Fsp3) is 0.375. The summed E-state index contributed by atoms with van der Waals surface area (Å²) < 4.78 is 12.7. The average molecular weight is 233 g/mol. The first-order chi connectivity index (χ1) is 5.74. The number of hydrogen-bond donors (Lipinski definition) is 1. The summed E-state index contributed by atoms with van der Waals surface area (Å²) in [6.07, 6.45) is 2.01.